The summed E-state index contributed by atoms with van der Waals surface area (Å²) in [5.41, 5.74) is -0.570. The molecule has 3 amide bonds. The zero-order chi connectivity index (χ0) is 20.9. The van der Waals surface area contributed by atoms with Gasteiger partial charge in [0.25, 0.3) is 0 Å². The van der Waals surface area contributed by atoms with Crippen LogP contribution < -0.4 is 4.74 Å². The van der Waals surface area contributed by atoms with Crippen LogP contribution in [0, 0.1) is 0 Å². The van der Waals surface area contributed by atoms with Crippen LogP contribution >= 0.6 is 0 Å². The topological polar surface area (TPSA) is 84.4 Å². The summed E-state index contributed by atoms with van der Waals surface area (Å²) < 4.78 is 16.7. The standard InChI is InChI=1S/C20H30N4O5/c1-20(2,3)29-19(26)23-7-8-24(18(25)22-9-11-27-12-10-22)16(14-23)15-28-17-5-4-6-21-13-17/h4-6,13,16H,7-12,14-15H2,1-3H3. The molecular formula is C20H30N4O5. The van der Waals surface area contributed by atoms with Crippen molar-refractivity contribution in [3.8, 4) is 5.75 Å². The summed E-state index contributed by atoms with van der Waals surface area (Å²) in [6, 6.07) is 3.28. The lowest BCUT2D eigenvalue weighted by atomic mass is 10.1. The Balaban J connectivity index is 1.69. The first-order chi connectivity index (χ1) is 13.8. The van der Waals surface area contributed by atoms with Crippen molar-refractivity contribution in [2.45, 2.75) is 32.4 Å². The summed E-state index contributed by atoms with van der Waals surface area (Å²) in [7, 11) is 0. The maximum atomic E-state index is 13.1. The van der Waals surface area contributed by atoms with Crippen molar-refractivity contribution in [3.05, 3.63) is 24.5 Å². The van der Waals surface area contributed by atoms with E-state index in [-0.39, 0.29) is 24.8 Å². The number of morpholine rings is 1. The Morgan fingerprint density at radius 3 is 2.59 bits per heavy atom. The molecule has 160 valence electrons. The van der Waals surface area contributed by atoms with Gasteiger partial charge in [0, 0.05) is 38.9 Å². The molecule has 0 radical (unpaired) electrons. The molecule has 3 heterocycles. The molecule has 2 saturated heterocycles. The molecule has 3 rings (SSSR count). The second-order valence-electron chi connectivity index (χ2n) is 8.16. The summed E-state index contributed by atoms with van der Waals surface area (Å²) in [6.07, 6.45) is 2.93. The molecule has 1 aromatic heterocycles. The van der Waals surface area contributed by atoms with Crippen molar-refractivity contribution in [1.82, 2.24) is 19.7 Å². The van der Waals surface area contributed by atoms with Crippen LogP contribution in [0.4, 0.5) is 9.59 Å². The molecule has 0 saturated carbocycles. The summed E-state index contributed by atoms with van der Waals surface area (Å²) in [5.74, 6) is 0.626. The van der Waals surface area contributed by atoms with E-state index in [0.29, 0.717) is 51.7 Å². The van der Waals surface area contributed by atoms with E-state index in [1.165, 1.54) is 0 Å². The smallest absolute Gasteiger partial charge is 0.410 e. The minimum atomic E-state index is -0.570. The number of carbonyl (C=O) groups is 2. The molecule has 0 bridgehead atoms. The predicted molar refractivity (Wildman–Crippen MR) is 106 cm³/mol. The van der Waals surface area contributed by atoms with Gasteiger partial charge in [0.1, 0.15) is 18.0 Å². The van der Waals surface area contributed by atoms with E-state index in [0.717, 1.165) is 0 Å². The second kappa shape index (κ2) is 9.30. The van der Waals surface area contributed by atoms with Gasteiger partial charge in [-0.25, -0.2) is 9.59 Å². The van der Waals surface area contributed by atoms with Crippen LogP contribution in [-0.4, -0.2) is 96.0 Å². The van der Waals surface area contributed by atoms with Crippen LogP contribution in [0.2, 0.25) is 0 Å². The molecule has 1 unspecified atom stereocenters. The number of urea groups is 1. The highest BCUT2D eigenvalue weighted by atomic mass is 16.6. The average Bonchev–Trinajstić information content (AvgIpc) is 2.71. The summed E-state index contributed by atoms with van der Waals surface area (Å²) in [6.45, 7) is 9.21. The van der Waals surface area contributed by atoms with Gasteiger partial charge in [0.2, 0.25) is 0 Å². The lowest BCUT2D eigenvalue weighted by Crippen LogP contribution is -2.62. The first-order valence-electron chi connectivity index (χ1n) is 9.97. The molecule has 1 atom stereocenters. The van der Waals surface area contributed by atoms with Crippen molar-refractivity contribution in [1.29, 1.82) is 0 Å². The first kappa shape index (κ1) is 21.2. The van der Waals surface area contributed by atoms with Gasteiger partial charge in [-0.1, -0.05) is 0 Å². The fourth-order valence-corrected chi connectivity index (χ4v) is 3.30. The van der Waals surface area contributed by atoms with E-state index in [2.05, 4.69) is 4.98 Å². The Bertz CT molecular complexity index is 688. The molecule has 0 aromatic carbocycles. The van der Waals surface area contributed by atoms with E-state index < -0.39 is 5.60 Å². The van der Waals surface area contributed by atoms with Crippen molar-refractivity contribution in [3.63, 3.8) is 0 Å². The summed E-state index contributed by atoms with van der Waals surface area (Å²) >= 11 is 0. The van der Waals surface area contributed by atoms with Crippen molar-refractivity contribution >= 4 is 12.1 Å². The zero-order valence-corrected chi connectivity index (χ0v) is 17.4. The summed E-state index contributed by atoms with van der Waals surface area (Å²) in [4.78, 5) is 34.9. The van der Waals surface area contributed by atoms with Crippen LogP contribution in [-0.2, 0) is 9.47 Å². The minimum Gasteiger partial charge on any atom is -0.490 e. The lowest BCUT2D eigenvalue weighted by Gasteiger charge is -2.43. The molecule has 29 heavy (non-hydrogen) atoms. The molecule has 0 N–H and O–H groups in total. The fraction of sp³-hybridized carbons (Fsp3) is 0.650. The number of rotatable bonds is 3. The Hall–Kier alpha value is -2.55. The molecule has 2 aliphatic rings. The first-order valence-corrected chi connectivity index (χ1v) is 9.97. The SMILES string of the molecule is CC(C)(C)OC(=O)N1CCN(C(=O)N2CCOCC2)C(COc2cccnc2)C1. The Labute approximate surface area is 171 Å². The molecule has 0 spiro atoms. The van der Waals surface area contributed by atoms with Crippen LogP contribution in [0.3, 0.4) is 0 Å². The average molecular weight is 406 g/mol. The maximum Gasteiger partial charge on any atom is 0.410 e. The number of aromatic nitrogens is 1. The maximum absolute atomic E-state index is 13.1. The molecule has 1 aromatic rings. The van der Waals surface area contributed by atoms with E-state index in [1.54, 1.807) is 33.2 Å². The number of hydrogen-bond donors (Lipinski definition) is 0. The van der Waals surface area contributed by atoms with Crippen LogP contribution in [0.15, 0.2) is 24.5 Å². The number of piperazine rings is 1. The van der Waals surface area contributed by atoms with Crippen LogP contribution in [0.5, 0.6) is 5.75 Å². The van der Waals surface area contributed by atoms with Gasteiger partial charge in [-0.2, -0.15) is 0 Å². The number of nitrogens with zero attached hydrogens (tertiary/aromatic N) is 4. The van der Waals surface area contributed by atoms with Gasteiger partial charge in [-0.15, -0.1) is 0 Å². The molecule has 0 aliphatic carbocycles. The highest BCUT2D eigenvalue weighted by Crippen LogP contribution is 2.18. The largest absolute Gasteiger partial charge is 0.490 e. The van der Waals surface area contributed by atoms with Crippen molar-refractivity contribution in [2.24, 2.45) is 0 Å². The number of carbonyl (C=O) groups excluding carboxylic acids is 2. The number of hydrogen-bond acceptors (Lipinski definition) is 6. The third-order valence-corrected chi connectivity index (χ3v) is 4.74. The normalized spacial score (nSPS) is 20.4. The Kier molecular flexibility index (Phi) is 6.79. The second-order valence-corrected chi connectivity index (χ2v) is 8.16. The minimum absolute atomic E-state index is 0.0445. The van der Waals surface area contributed by atoms with E-state index in [4.69, 9.17) is 14.2 Å². The molecule has 2 aliphatic heterocycles. The van der Waals surface area contributed by atoms with E-state index in [9.17, 15) is 9.59 Å². The highest BCUT2D eigenvalue weighted by Gasteiger charge is 2.36. The zero-order valence-electron chi connectivity index (χ0n) is 17.4. The molecule has 9 nitrogen and oxygen atoms in total. The highest BCUT2D eigenvalue weighted by molar-refractivity contribution is 5.76. The van der Waals surface area contributed by atoms with E-state index >= 15 is 0 Å². The number of pyridine rings is 1. The van der Waals surface area contributed by atoms with Gasteiger partial charge in [-0.05, 0) is 32.9 Å². The van der Waals surface area contributed by atoms with Crippen molar-refractivity contribution < 1.29 is 23.8 Å². The molecule has 9 heteroatoms. The van der Waals surface area contributed by atoms with Gasteiger partial charge in [0.05, 0.1) is 25.5 Å². The van der Waals surface area contributed by atoms with Gasteiger partial charge in [0.15, 0.2) is 0 Å². The van der Waals surface area contributed by atoms with Gasteiger partial charge < -0.3 is 28.9 Å². The Morgan fingerprint density at radius 1 is 1.17 bits per heavy atom. The monoisotopic (exact) mass is 406 g/mol. The molecular weight excluding hydrogens is 376 g/mol. The van der Waals surface area contributed by atoms with Gasteiger partial charge >= 0.3 is 12.1 Å². The van der Waals surface area contributed by atoms with Crippen LogP contribution in [0.1, 0.15) is 20.8 Å². The quantitative estimate of drug-likeness (QED) is 0.762. The Morgan fingerprint density at radius 2 is 1.93 bits per heavy atom. The third kappa shape index (κ3) is 5.96. The lowest BCUT2D eigenvalue weighted by molar-refractivity contribution is -0.00399. The molecule has 2 fully saturated rings. The summed E-state index contributed by atoms with van der Waals surface area (Å²) in [5, 5.41) is 0. The number of amides is 3. The van der Waals surface area contributed by atoms with Crippen LogP contribution in [0.25, 0.3) is 0 Å². The van der Waals surface area contributed by atoms with Gasteiger partial charge in [-0.3, -0.25) is 4.98 Å². The van der Waals surface area contributed by atoms with Crippen molar-refractivity contribution in [2.75, 3.05) is 52.5 Å². The fourth-order valence-electron chi connectivity index (χ4n) is 3.30. The van der Waals surface area contributed by atoms with E-state index in [1.807, 2.05) is 26.8 Å². The number of ether oxygens (including phenoxy) is 3. The predicted octanol–water partition coefficient (Wildman–Crippen LogP) is 1.83. The third-order valence-electron chi connectivity index (χ3n) is 4.74.